The number of carboxylic acids is 1. The number of alkyl halides is 3. The zero-order valence-corrected chi connectivity index (χ0v) is 8.62. The highest BCUT2D eigenvalue weighted by molar-refractivity contribution is 5.86. The molecule has 0 aromatic heterocycles. The van der Waals surface area contributed by atoms with Crippen molar-refractivity contribution in [1.82, 2.24) is 0 Å². The molecule has 1 aromatic rings. The average Bonchev–Trinajstić information content (AvgIpc) is 2.96. The number of carboxylic acid groups (broad SMARTS) is 1. The Balaban J connectivity index is 2.38. The van der Waals surface area contributed by atoms with E-state index >= 15 is 0 Å². The number of ether oxygens (including phenoxy) is 1. The fourth-order valence-corrected chi connectivity index (χ4v) is 1.80. The van der Waals surface area contributed by atoms with Gasteiger partial charge in [0.1, 0.15) is 5.75 Å². The molecule has 92 valence electrons. The zero-order valence-electron chi connectivity index (χ0n) is 8.62. The number of rotatable bonds is 3. The molecule has 17 heavy (non-hydrogen) atoms. The highest BCUT2D eigenvalue weighted by Crippen LogP contribution is 2.51. The van der Waals surface area contributed by atoms with Crippen molar-refractivity contribution in [3.63, 3.8) is 0 Å². The summed E-state index contributed by atoms with van der Waals surface area (Å²) >= 11 is 0. The second-order valence-corrected chi connectivity index (χ2v) is 3.93. The van der Waals surface area contributed by atoms with Crippen molar-refractivity contribution in [1.29, 1.82) is 0 Å². The van der Waals surface area contributed by atoms with Crippen LogP contribution in [-0.4, -0.2) is 17.4 Å². The molecule has 1 aliphatic rings. The first-order valence-corrected chi connectivity index (χ1v) is 4.94. The molecule has 0 unspecified atom stereocenters. The van der Waals surface area contributed by atoms with Gasteiger partial charge in [0, 0.05) is 5.56 Å². The summed E-state index contributed by atoms with van der Waals surface area (Å²) in [7, 11) is 0. The van der Waals surface area contributed by atoms with Gasteiger partial charge in [-0.3, -0.25) is 4.79 Å². The normalized spacial score (nSPS) is 17.6. The van der Waals surface area contributed by atoms with Crippen LogP contribution < -0.4 is 4.74 Å². The van der Waals surface area contributed by atoms with Crippen LogP contribution in [0.2, 0.25) is 0 Å². The highest BCUT2D eigenvalue weighted by atomic mass is 19.4. The SMILES string of the molecule is O=C(O)C1(c2ccccc2OC(F)(F)F)CC1. The van der Waals surface area contributed by atoms with Gasteiger partial charge in [0.05, 0.1) is 5.41 Å². The topological polar surface area (TPSA) is 46.5 Å². The zero-order chi connectivity index (χ0) is 12.7. The van der Waals surface area contributed by atoms with E-state index in [0.29, 0.717) is 12.8 Å². The third-order valence-corrected chi connectivity index (χ3v) is 2.79. The van der Waals surface area contributed by atoms with Gasteiger partial charge in [0.25, 0.3) is 0 Å². The summed E-state index contributed by atoms with van der Waals surface area (Å²) in [6.07, 6.45) is -4.15. The molecule has 0 radical (unpaired) electrons. The van der Waals surface area contributed by atoms with Crippen LogP contribution in [0, 0.1) is 0 Å². The van der Waals surface area contributed by atoms with Crippen molar-refractivity contribution in [2.45, 2.75) is 24.6 Å². The first-order valence-electron chi connectivity index (χ1n) is 4.94. The fourth-order valence-electron chi connectivity index (χ4n) is 1.80. The van der Waals surface area contributed by atoms with Gasteiger partial charge in [-0.25, -0.2) is 0 Å². The number of benzene rings is 1. The Hall–Kier alpha value is -1.72. The summed E-state index contributed by atoms with van der Waals surface area (Å²) in [6, 6.07) is 5.37. The number of hydrogen-bond acceptors (Lipinski definition) is 2. The molecule has 0 spiro atoms. The van der Waals surface area contributed by atoms with Crippen molar-refractivity contribution < 1.29 is 27.8 Å². The first-order chi connectivity index (χ1) is 7.85. The summed E-state index contributed by atoms with van der Waals surface area (Å²) in [5.74, 6) is -1.55. The lowest BCUT2D eigenvalue weighted by molar-refractivity contribution is -0.275. The number of hydrogen-bond donors (Lipinski definition) is 1. The molecule has 1 aliphatic carbocycles. The first kappa shape index (κ1) is 11.8. The van der Waals surface area contributed by atoms with Crippen LogP contribution in [0.1, 0.15) is 18.4 Å². The van der Waals surface area contributed by atoms with Crippen LogP contribution in [0.4, 0.5) is 13.2 Å². The Morgan fingerprint density at radius 3 is 2.35 bits per heavy atom. The van der Waals surface area contributed by atoms with Crippen LogP contribution >= 0.6 is 0 Å². The predicted molar refractivity (Wildman–Crippen MR) is 51.7 cm³/mol. The molecule has 0 bridgehead atoms. The molecule has 1 N–H and O–H groups in total. The van der Waals surface area contributed by atoms with E-state index in [-0.39, 0.29) is 5.56 Å². The number of para-hydroxylation sites is 1. The minimum absolute atomic E-state index is 0.0878. The Morgan fingerprint density at radius 1 is 1.29 bits per heavy atom. The molecule has 0 atom stereocenters. The Bertz CT molecular complexity index is 450. The molecule has 1 fully saturated rings. The Kier molecular flexibility index (Phi) is 2.52. The lowest BCUT2D eigenvalue weighted by atomic mass is 9.95. The monoisotopic (exact) mass is 246 g/mol. The Labute approximate surface area is 94.8 Å². The molecule has 1 saturated carbocycles. The largest absolute Gasteiger partial charge is 0.573 e. The number of halogens is 3. The second kappa shape index (κ2) is 3.65. The third kappa shape index (κ3) is 2.20. The molecular formula is C11H9F3O3. The van der Waals surface area contributed by atoms with Gasteiger partial charge in [-0.15, -0.1) is 13.2 Å². The molecule has 1 aromatic carbocycles. The van der Waals surface area contributed by atoms with Gasteiger partial charge in [0.15, 0.2) is 0 Å². The second-order valence-electron chi connectivity index (χ2n) is 3.93. The molecule has 3 nitrogen and oxygen atoms in total. The van der Waals surface area contributed by atoms with Crippen molar-refractivity contribution in [3.05, 3.63) is 29.8 Å². The lowest BCUT2D eigenvalue weighted by Gasteiger charge is -2.17. The standard InChI is InChI=1S/C11H9F3O3/c12-11(13,14)17-8-4-2-1-3-7(8)10(5-6-10)9(15)16/h1-4H,5-6H2,(H,15,16). The van der Waals surface area contributed by atoms with Crippen molar-refractivity contribution >= 4 is 5.97 Å². The van der Waals surface area contributed by atoms with Gasteiger partial charge in [-0.1, -0.05) is 18.2 Å². The summed E-state index contributed by atoms with van der Waals surface area (Å²) in [6.45, 7) is 0. The summed E-state index contributed by atoms with van der Waals surface area (Å²) in [4.78, 5) is 11.1. The van der Waals surface area contributed by atoms with E-state index in [4.69, 9.17) is 5.11 Å². The molecule has 0 aliphatic heterocycles. The fraction of sp³-hybridized carbons (Fsp3) is 0.364. The molecule has 0 saturated heterocycles. The average molecular weight is 246 g/mol. The molecule has 0 amide bonds. The predicted octanol–water partition coefficient (Wildman–Crippen LogP) is 2.70. The summed E-state index contributed by atoms with van der Waals surface area (Å²) in [5, 5.41) is 9.04. The van der Waals surface area contributed by atoms with Crippen molar-refractivity contribution in [2.24, 2.45) is 0 Å². The minimum atomic E-state index is -4.81. The van der Waals surface area contributed by atoms with Gasteiger partial charge in [0.2, 0.25) is 0 Å². The van der Waals surface area contributed by atoms with E-state index in [9.17, 15) is 18.0 Å². The third-order valence-electron chi connectivity index (χ3n) is 2.79. The maximum atomic E-state index is 12.2. The van der Waals surface area contributed by atoms with E-state index in [1.165, 1.54) is 18.2 Å². The smallest absolute Gasteiger partial charge is 0.481 e. The number of aliphatic carboxylic acids is 1. The highest BCUT2D eigenvalue weighted by Gasteiger charge is 2.53. The summed E-state index contributed by atoms with van der Waals surface area (Å²) < 4.78 is 40.3. The lowest BCUT2D eigenvalue weighted by Crippen LogP contribution is -2.24. The summed E-state index contributed by atoms with van der Waals surface area (Å²) in [5.41, 5.74) is -1.12. The van der Waals surface area contributed by atoms with Crippen LogP contribution in [-0.2, 0) is 10.2 Å². The van der Waals surface area contributed by atoms with Gasteiger partial charge in [-0.05, 0) is 18.9 Å². The van der Waals surface area contributed by atoms with E-state index in [2.05, 4.69) is 4.74 Å². The number of carbonyl (C=O) groups is 1. The van der Waals surface area contributed by atoms with Gasteiger partial charge >= 0.3 is 12.3 Å². The molecule has 0 heterocycles. The van der Waals surface area contributed by atoms with Crippen LogP contribution in [0.15, 0.2) is 24.3 Å². The van der Waals surface area contributed by atoms with E-state index in [1.807, 2.05) is 0 Å². The molecule has 2 rings (SSSR count). The van der Waals surface area contributed by atoms with Crippen LogP contribution in [0.25, 0.3) is 0 Å². The van der Waals surface area contributed by atoms with Gasteiger partial charge in [-0.2, -0.15) is 0 Å². The van der Waals surface area contributed by atoms with E-state index in [0.717, 1.165) is 6.07 Å². The van der Waals surface area contributed by atoms with Crippen molar-refractivity contribution in [3.8, 4) is 5.75 Å². The van der Waals surface area contributed by atoms with Crippen molar-refractivity contribution in [2.75, 3.05) is 0 Å². The quantitative estimate of drug-likeness (QED) is 0.891. The van der Waals surface area contributed by atoms with Crippen LogP contribution in [0.3, 0.4) is 0 Å². The Morgan fingerprint density at radius 2 is 1.88 bits per heavy atom. The minimum Gasteiger partial charge on any atom is -0.481 e. The maximum Gasteiger partial charge on any atom is 0.573 e. The van der Waals surface area contributed by atoms with E-state index < -0.39 is 23.5 Å². The van der Waals surface area contributed by atoms with E-state index in [1.54, 1.807) is 0 Å². The van der Waals surface area contributed by atoms with Gasteiger partial charge < -0.3 is 9.84 Å². The van der Waals surface area contributed by atoms with Crippen LogP contribution in [0.5, 0.6) is 5.75 Å². The molecule has 6 heteroatoms. The maximum absolute atomic E-state index is 12.2. The molecular weight excluding hydrogens is 237 g/mol.